The molecule has 0 aromatic rings. The Kier molecular flexibility index (Phi) is 209. The molecule has 0 aliphatic rings. The Morgan fingerprint density at radius 2 is 1.17 bits per heavy atom. The van der Waals surface area contributed by atoms with Gasteiger partial charge < -0.3 is 0 Å². The van der Waals surface area contributed by atoms with Gasteiger partial charge in [0.15, 0.2) is 0 Å². The third kappa shape index (κ3) is 25.3. The average molecular weight is 603 g/mol. The van der Waals surface area contributed by atoms with Gasteiger partial charge in [-0.1, -0.05) is 0 Å². The van der Waals surface area contributed by atoms with Crippen LogP contribution >= 0.6 is 0 Å². The maximum atomic E-state index is 8.39. The normalized spacial score (nSPS) is 0.667. The second-order valence-corrected chi connectivity index (χ2v) is 0. The van der Waals surface area contributed by atoms with Gasteiger partial charge in [-0.3, -0.25) is 0 Å². The van der Waals surface area contributed by atoms with Crippen molar-refractivity contribution < 1.29 is 30.0 Å². The molecule has 0 amide bonds. The zero-order valence-electron chi connectivity index (χ0n) is 1.62. The molecule has 0 unspecified atom stereocenters. The van der Waals surface area contributed by atoms with E-state index in [-0.39, 0.29) is 116 Å². The molecule has 6 heavy (non-hydrogen) atoms. The van der Waals surface area contributed by atoms with Crippen molar-refractivity contribution in [3.63, 3.8) is 0 Å². The average Bonchev–Trinajstić information content (AvgIpc) is 1.00. The fourth-order valence-corrected chi connectivity index (χ4v) is 0. The Hall–Kier alpha value is 3.69. The topological polar surface area (TPSA) is 17.1 Å². The van der Waals surface area contributed by atoms with E-state index in [1.165, 1.54) is 0 Å². The van der Waals surface area contributed by atoms with E-state index in [0.29, 0.717) is 0 Å². The standard InChI is InChI=1S/Cd.Ga.GeH4.In.O.Pb.6H/h;;1H4;;;;;;;;;. The summed E-state index contributed by atoms with van der Waals surface area (Å²) in [6, 6.07) is 0. The van der Waals surface area contributed by atoms with Gasteiger partial charge in [0.1, 0.15) is 0 Å². The van der Waals surface area contributed by atoms with Crippen LogP contribution in [0, 0.1) is 0 Å². The summed E-state index contributed by atoms with van der Waals surface area (Å²) in [6.07, 6.45) is 0. The van der Waals surface area contributed by atoms with Crippen LogP contribution in [0.3, 0.4) is 0 Å². The Morgan fingerprint density at radius 3 is 1.17 bits per heavy atom. The fourth-order valence-electron chi connectivity index (χ4n) is 0. The first-order valence-corrected chi connectivity index (χ1v) is 1.79. The predicted octanol–water partition coefficient (Wildman–Crippen LogP) is -4.32. The van der Waals surface area contributed by atoms with Crippen LogP contribution in [-0.4, -0.2) is 89.0 Å². The van der Waals surface area contributed by atoms with E-state index in [1.807, 2.05) is 0 Å². The minimum absolute atomic E-state index is 0. The van der Waals surface area contributed by atoms with Crippen molar-refractivity contribution in [3.05, 3.63) is 0 Å². The van der Waals surface area contributed by atoms with E-state index >= 15 is 0 Å². The molecule has 1 nitrogen and oxygen atoms in total. The van der Waals surface area contributed by atoms with Crippen molar-refractivity contribution in [2.45, 2.75) is 0 Å². The predicted molar refractivity (Wildman–Crippen MR) is 37.7 cm³/mol. The van der Waals surface area contributed by atoms with Crippen molar-refractivity contribution in [2.24, 2.45) is 0 Å². The van der Waals surface area contributed by atoms with Crippen LogP contribution in [0.1, 0.15) is 0 Å². The Morgan fingerprint density at radius 1 is 1.17 bits per heavy atom. The van der Waals surface area contributed by atoms with Gasteiger partial charge in [-0.25, -0.2) is 0 Å². The van der Waals surface area contributed by atoms with Gasteiger partial charge in [0.05, 0.1) is 0 Å². The summed E-state index contributed by atoms with van der Waals surface area (Å²) in [5.41, 5.74) is 0. The van der Waals surface area contributed by atoms with E-state index in [9.17, 15) is 0 Å². The van der Waals surface area contributed by atoms with Crippen molar-refractivity contribution in [2.75, 3.05) is 0 Å². The van der Waals surface area contributed by atoms with E-state index < -0.39 is 0 Å². The van der Waals surface area contributed by atoms with Gasteiger partial charge in [0.2, 0.25) is 0 Å². The van der Waals surface area contributed by atoms with Crippen molar-refractivity contribution in [3.8, 4) is 0 Å². The first kappa shape index (κ1) is 33.3. The monoisotopic (exact) mass is 606 g/mol. The molecule has 0 N–H and O–H groups in total. The minimum atomic E-state index is 0. The van der Waals surface area contributed by atoms with Gasteiger partial charge in [-0.05, 0) is 0 Å². The molecular formula is H10CdGaGeInOPb. The summed E-state index contributed by atoms with van der Waals surface area (Å²) in [5, 5.41) is 0. The van der Waals surface area contributed by atoms with Crippen molar-refractivity contribution >= 4 is 89.0 Å². The molecule has 0 atom stereocenters. The summed E-state index contributed by atoms with van der Waals surface area (Å²) < 4.78 is 8.39. The molecule has 32 valence electrons. The Balaban J connectivity index is -0.000000000833. The van der Waals surface area contributed by atoms with Crippen molar-refractivity contribution in [1.29, 1.82) is 0 Å². The molecule has 0 aliphatic carbocycles. The van der Waals surface area contributed by atoms with Gasteiger partial charge in [-0.15, -0.1) is 0 Å². The Bertz CT molecular complexity index is 15.5. The first-order chi connectivity index (χ1) is 1.00. The van der Waals surface area contributed by atoms with Gasteiger partial charge >= 0.3 is 91.7 Å². The fraction of sp³-hybridized carbons (Fsp3) is 0. The molecule has 0 saturated carbocycles. The van der Waals surface area contributed by atoms with E-state index in [1.54, 1.807) is 0 Å². The molecule has 0 rings (SSSR count). The Labute approximate surface area is 116 Å². The number of hydrogen-bond donors (Lipinski definition) is 0. The van der Waals surface area contributed by atoms with Crippen LogP contribution in [0.2, 0.25) is 0 Å². The van der Waals surface area contributed by atoms with E-state index in [2.05, 4.69) is 0 Å². The second kappa shape index (κ2) is 37.7. The summed E-state index contributed by atoms with van der Waals surface area (Å²) in [4.78, 5) is 0. The molecule has 0 aliphatic heterocycles. The maximum absolute atomic E-state index is 8.39. The summed E-state index contributed by atoms with van der Waals surface area (Å²) in [5.74, 6) is 0. The summed E-state index contributed by atoms with van der Waals surface area (Å²) in [6.45, 7) is 0. The summed E-state index contributed by atoms with van der Waals surface area (Å²) >= 11 is 0.0556. The van der Waals surface area contributed by atoms with E-state index in [4.69, 9.17) is 2.69 Å². The van der Waals surface area contributed by atoms with Crippen LogP contribution in [0.25, 0.3) is 0 Å². The molecule has 0 fully saturated rings. The third-order valence-electron chi connectivity index (χ3n) is 0. The van der Waals surface area contributed by atoms with Gasteiger partial charge in [0, 0.05) is 27.3 Å². The van der Waals surface area contributed by atoms with Crippen LogP contribution in [0.15, 0.2) is 0 Å². The molecule has 0 aromatic heterocycles. The molecule has 0 spiro atoms. The quantitative estimate of drug-likeness (QED) is 0.257. The molecule has 0 heterocycles. The zero-order valence-corrected chi connectivity index (χ0v) is 9.54. The van der Waals surface area contributed by atoms with Gasteiger partial charge in [0.25, 0.3) is 0 Å². The van der Waals surface area contributed by atoms with E-state index in [0.717, 1.165) is 0 Å². The molecular weight excluding hydrogens is 593 g/mol. The molecule has 0 saturated heterocycles. The van der Waals surface area contributed by atoms with Crippen LogP contribution in [-0.2, 0) is 30.0 Å². The molecule has 0 aromatic carbocycles. The zero-order chi connectivity index (χ0) is 2.00. The SMILES string of the molecule is [Cd].[GaH3].[GeH4].[InH3].[O]=[Pb]. The molecule has 2 radical (unpaired) electrons. The molecule has 6 heteroatoms. The van der Waals surface area contributed by atoms with Crippen LogP contribution in [0.4, 0.5) is 0 Å². The van der Waals surface area contributed by atoms with Crippen LogP contribution in [0.5, 0.6) is 0 Å². The van der Waals surface area contributed by atoms with Crippen LogP contribution < -0.4 is 0 Å². The number of hydrogen-bond acceptors (Lipinski definition) is 1. The van der Waals surface area contributed by atoms with Crippen molar-refractivity contribution in [1.82, 2.24) is 0 Å². The second-order valence-electron chi connectivity index (χ2n) is 0. The first-order valence-electron chi connectivity index (χ1n) is 0.204. The molecule has 0 bridgehead atoms. The number of rotatable bonds is 0. The third-order valence-corrected chi connectivity index (χ3v) is 0. The summed E-state index contributed by atoms with van der Waals surface area (Å²) in [7, 11) is 0. The van der Waals surface area contributed by atoms with Gasteiger partial charge in [-0.2, -0.15) is 0 Å².